The van der Waals surface area contributed by atoms with E-state index in [-0.39, 0.29) is 6.03 Å². The molecule has 7 nitrogen and oxygen atoms in total. The number of nitrogens with one attached hydrogen (secondary N) is 2. The Hall–Kier alpha value is -2.54. The van der Waals surface area contributed by atoms with E-state index in [4.69, 9.17) is 4.74 Å². The summed E-state index contributed by atoms with van der Waals surface area (Å²) in [6.07, 6.45) is 3.91. The van der Waals surface area contributed by atoms with Crippen molar-refractivity contribution in [2.45, 2.75) is 26.9 Å². The average Bonchev–Trinajstić information content (AvgIpc) is 2.50. The van der Waals surface area contributed by atoms with Crippen LogP contribution in [0.2, 0.25) is 0 Å². The fourth-order valence-electron chi connectivity index (χ4n) is 2.15. The number of amides is 2. The second-order valence-electron chi connectivity index (χ2n) is 5.23. The minimum absolute atomic E-state index is 0.308. The van der Waals surface area contributed by atoms with Gasteiger partial charge in [-0.15, -0.1) is 0 Å². The number of urea groups is 1. The molecule has 2 amide bonds. The highest BCUT2D eigenvalue weighted by Gasteiger charge is 2.05. The molecule has 0 saturated heterocycles. The van der Waals surface area contributed by atoms with Crippen molar-refractivity contribution in [3.8, 4) is 0 Å². The summed E-state index contributed by atoms with van der Waals surface area (Å²) in [7, 11) is 1.59. The van der Waals surface area contributed by atoms with Gasteiger partial charge in [0.2, 0.25) is 0 Å². The molecule has 23 heavy (non-hydrogen) atoms. The maximum atomic E-state index is 11.9. The number of carbonyl (C=O) groups is 1. The Kier molecular flexibility index (Phi) is 5.99. The lowest BCUT2D eigenvalue weighted by molar-refractivity contribution is 0.181. The molecule has 0 aliphatic carbocycles. The molecule has 0 aliphatic rings. The lowest BCUT2D eigenvalue weighted by Crippen LogP contribution is -2.31. The highest BCUT2D eigenvalue weighted by atomic mass is 16.5. The number of rotatable bonds is 6. The normalized spacial score (nSPS) is 10.4. The molecule has 2 aromatic heterocycles. The van der Waals surface area contributed by atoms with Gasteiger partial charge in [-0.25, -0.2) is 14.8 Å². The number of methoxy groups -OCH3 is 1. The summed E-state index contributed by atoms with van der Waals surface area (Å²) in [6.45, 7) is 4.90. The molecule has 0 aliphatic heterocycles. The van der Waals surface area contributed by atoms with E-state index >= 15 is 0 Å². The number of pyridine rings is 1. The van der Waals surface area contributed by atoms with E-state index < -0.39 is 0 Å². The summed E-state index contributed by atoms with van der Waals surface area (Å²) in [4.78, 5) is 24.3. The van der Waals surface area contributed by atoms with Crippen LogP contribution >= 0.6 is 0 Å². The SMILES string of the molecule is COCc1cc(NC(=O)NCCc2ncc(C)cc2C)ncn1. The zero-order valence-electron chi connectivity index (χ0n) is 13.6. The molecule has 2 rings (SSSR count). The van der Waals surface area contributed by atoms with Crippen molar-refractivity contribution in [3.63, 3.8) is 0 Å². The summed E-state index contributed by atoms with van der Waals surface area (Å²) in [5, 5.41) is 5.46. The zero-order chi connectivity index (χ0) is 16.7. The van der Waals surface area contributed by atoms with E-state index in [0.717, 1.165) is 16.8 Å². The Labute approximate surface area is 135 Å². The van der Waals surface area contributed by atoms with Gasteiger partial charge in [-0.1, -0.05) is 6.07 Å². The molecule has 0 fully saturated rings. The molecule has 0 unspecified atom stereocenters. The van der Waals surface area contributed by atoms with Crippen molar-refractivity contribution in [1.29, 1.82) is 0 Å². The van der Waals surface area contributed by atoms with Crippen LogP contribution in [0.1, 0.15) is 22.5 Å². The van der Waals surface area contributed by atoms with Gasteiger partial charge in [-0.2, -0.15) is 0 Å². The molecule has 0 aromatic carbocycles. The van der Waals surface area contributed by atoms with Crippen LogP contribution in [0.15, 0.2) is 24.7 Å². The van der Waals surface area contributed by atoms with Crippen molar-refractivity contribution in [2.24, 2.45) is 0 Å². The number of aromatic nitrogens is 3. The minimum Gasteiger partial charge on any atom is -0.378 e. The first kappa shape index (κ1) is 16.8. The third-order valence-corrected chi connectivity index (χ3v) is 3.23. The molecule has 122 valence electrons. The number of aryl methyl sites for hydroxylation is 2. The van der Waals surface area contributed by atoms with Crippen molar-refractivity contribution in [2.75, 3.05) is 19.0 Å². The third-order valence-electron chi connectivity index (χ3n) is 3.23. The van der Waals surface area contributed by atoms with Crippen LogP contribution in [-0.2, 0) is 17.8 Å². The van der Waals surface area contributed by atoms with E-state index in [1.807, 2.05) is 20.0 Å². The first-order valence-electron chi connectivity index (χ1n) is 7.35. The molecule has 0 spiro atoms. The summed E-state index contributed by atoms with van der Waals surface area (Å²) in [6, 6.07) is 3.45. The van der Waals surface area contributed by atoms with Crippen LogP contribution in [0.25, 0.3) is 0 Å². The molecule has 0 saturated carbocycles. The van der Waals surface area contributed by atoms with Gasteiger partial charge in [0.05, 0.1) is 12.3 Å². The number of hydrogen-bond acceptors (Lipinski definition) is 5. The van der Waals surface area contributed by atoms with E-state index in [1.165, 1.54) is 6.33 Å². The lowest BCUT2D eigenvalue weighted by Gasteiger charge is -2.09. The Bertz CT molecular complexity index is 675. The number of anilines is 1. The molecule has 2 aromatic rings. The molecule has 0 radical (unpaired) electrons. The van der Waals surface area contributed by atoms with E-state index in [9.17, 15) is 4.79 Å². The molecule has 2 heterocycles. The van der Waals surface area contributed by atoms with Crippen molar-refractivity contribution in [3.05, 3.63) is 47.2 Å². The maximum Gasteiger partial charge on any atom is 0.320 e. The van der Waals surface area contributed by atoms with Gasteiger partial charge in [0, 0.05) is 38.0 Å². The Morgan fingerprint density at radius 3 is 2.78 bits per heavy atom. The van der Waals surface area contributed by atoms with Gasteiger partial charge in [0.1, 0.15) is 12.1 Å². The predicted octanol–water partition coefficient (Wildman–Crippen LogP) is 2.00. The molecular weight excluding hydrogens is 294 g/mol. The molecule has 7 heteroatoms. The Balaban J connectivity index is 1.82. The average molecular weight is 315 g/mol. The van der Waals surface area contributed by atoms with Gasteiger partial charge >= 0.3 is 6.03 Å². The molecule has 0 atom stereocenters. The number of ether oxygens (including phenoxy) is 1. The van der Waals surface area contributed by atoms with E-state index in [2.05, 4.69) is 31.7 Å². The number of nitrogens with zero attached hydrogens (tertiary/aromatic N) is 3. The predicted molar refractivity (Wildman–Crippen MR) is 87.2 cm³/mol. The Morgan fingerprint density at radius 2 is 2.04 bits per heavy atom. The number of carbonyl (C=O) groups excluding carboxylic acids is 1. The van der Waals surface area contributed by atoms with E-state index in [1.54, 1.807) is 13.2 Å². The standard InChI is InChI=1S/C16H21N5O2/c1-11-6-12(2)14(18-8-11)4-5-17-16(22)21-15-7-13(9-23-3)19-10-20-15/h6-8,10H,4-5,9H2,1-3H3,(H2,17,19,20,21,22). The van der Waals surface area contributed by atoms with Crippen molar-refractivity contribution in [1.82, 2.24) is 20.3 Å². The summed E-state index contributed by atoms with van der Waals surface area (Å²) < 4.78 is 5.00. The smallest absolute Gasteiger partial charge is 0.320 e. The van der Waals surface area contributed by atoms with E-state index in [0.29, 0.717) is 31.1 Å². The zero-order valence-corrected chi connectivity index (χ0v) is 13.6. The monoisotopic (exact) mass is 315 g/mol. The topological polar surface area (TPSA) is 89.0 Å². The van der Waals surface area contributed by atoms with Crippen LogP contribution in [0.3, 0.4) is 0 Å². The number of hydrogen-bond donors (Lipinski definition) is 2. The van der Waals surface area contributed by atoms with Crippen LogP contribution < -0.4 is 10.6 Å². The van der Waals surface area contributed by atoms with Crippen LogP contribution in [0.5, 0.6) is 0 Å². The molecule has 0 bridgehead atoms. The molecular formula is C16H21N5O2. The second kappa shape index (κ2) is 8.19. The highest BCUT2D eigenvalue weighted by molar-refractivity contribution is 5.88. The van der Waals surface area contributed by atoms with Gasteiger partial charge in [0.25, 0.3) is 0 Å². The highest BCUT2D eigenvalue weighted by Crippen LogP contribution is 2.07. The first-order chi connectivity index (χ1) is 11.1. The van der Waals surface area contributed by atoms with Gasteiger partial charge in [0.15, 0.2) is 0 Å². The summed E-state index contributed by atoms with van der Waals surface area (Å²) >= 11 is 0. The quantitative estimate of drug-likeness (QED) is 0.851. The second-order valence-corrected chi connectivity index (χ2v) is 5.23. The van der Waals surface area contributed by atoms with Gasteiger partial charge < -0.3 is 10.1 Å². The van der Waals surface area contributed by atoms with Crippen LogP contribution in [0.4, 0.5) is 10.6 Å². The molecule has 2 N–H and O–H groups in total. The van der Waals surface area contributed by atoms with Gasteiger partial charge in [-0.05, 0) is 25.0 Å². The third kappa shape index (κ3) is 5.30. The summed E-state index contributed by atoms with van der Waals surface area (Å²) in [5.74, 6) is 0.439. The fourth-order valence-corrected chi connectivity index (χ4v) is 2.15. The van der Waals surface area contributed by atoms with Gasteiger partial charge in [-0.3, -0.25) is 10.3 Å². The fraction of sp³-hybridized carbons (Fsp3) is 0.375. The lowest BCUT2D eigenvalue weighted by atomic mass is 10.1. The van der Waals surface area contributed by atoms with Crippen molar-refractivity contribution < 1.29 is 9.53 Å². The largest absolute Gasteiger partial charge is 0.378 e. The maximum absolute atomic E-state index is 11.9. The van der Waals surface area contributed by atoms with Crippen molar-refractivity contribution >= 4 is 11.8 Å². The van der Waals surface area contributed by atoms with Crippen LogP contribution in [-0.4, -0.2) is 34.6 Å². The minimum atomic E-state index is -0.308. The Morgan fingerprint density at radius 1 is 1.22 bits per heavy atom. The first-order valence-corrected chi connectivity index (χ1v) is 7.35. The van der Waals surface area contributed by atoms with Crippen LogP contribution in [0, 0.1) is 13.8 Å². The summed E-state index contributed by atoms with van der Waals surface area (Å²) in [5.41, 5.74) is 3.96.